The lowest BCUT2D eigenvalue weighted by Crippen LogP contribution is -2.60. The molecule has 1 saturated heterocycles. The molecule has 0 aliphatic carbocycles. The fourth-order valence-corrected chi connectivity index (χ4v) is 5.25. The summed E-state index contributed by atoms with van der Waals surface area (Å²) < 4.78 is 29.5. The molecule has 2 aromatic rings. The van der Waals surface area contributed by atoms with E-state index in [0.717, 1.165) is 52.7 Å². The molecule has 0 amide bonds. The molecule has 4 heterocycles. The SMILES string of the molecule is COc1cccc2c1O[C@]1(CCOC(C)(C)C1)N1N=C(c3ccc4c(c3)OCO4)C[C@@H]21. The summed E-state index contributed by atoms with van der Waals surface area (Å²) in [4.78, 5) is 0. The summed E-state index contributed by atoms with van der Waals surface area (Å²) in [7, 11) is 1.69. The third kappa shape index (κ3) is 2.86. The molecular formula is C24H26N2O5. The maximum atomic E-state index is 6.76. The van der Waals surface area contributed by atoms with Crippen LogP contribution in [0.1, 0.15) is 50.3 Å². The number of hydrogen-bond acceptors (Lipinski definition) is 7. The summed E-state index contributed by atoms with van der Waals surface area (Å²) in [6, 6.07) is 12.2. The predicted molar refractivity (Wildman–Crippen MR) is 114 cm³/mol. The van der Waals surface area contributed by atoms with Crippen LogP contribution in [-0.2, 0) is 4.74 Å². The van der Waals surface area contributed by atoms with Crippen molar-refractivity contribution in [3.05, 3.63) is 47.5 Å². The average Bonchev–Trinajstić information content (AvgIpc) is 3.40. The molecule has 0 radical (unpaired) electrons. The van der Waals surface area contributed by atoms with E-state index in [2.05, 4.69) is 31.0 Å². The van der Waals surface area contributed by atoms with Crippen LogP contribution in [0.25, 0.3) is 0 Å². The number of para-hydroxylation sites is 1. The van der Waals surface area contributed by atoms with Crippen LogP contribution in [0.5, 0.6) is 23.0 Å². The largest absolute Gasteiger partial charge is 0.493 e. The van der Waals surface area contributed by atoms with Crippen LogP contribution in [0.4, 0.5) is 0 Å². The van der Waals surface area contributed by atoms with Gasteiger partial charge in [0.1, 0.15) is 0 Å². The summed E-state index contributed by atoms with van der Waals surface area (Å²) in [5, 5.41) is 7.31. The van der Waals surface area contributed by atoms with Crippen molar-refractivity contribution < 1.29 is 23.7 Å². The van der Waals surface area contributed by atoms with Crippen molar-refractivity contribution in [2.24, 2.45) is 5.10 Å². The molecule has 1 fully saturated rings. The molecule has 2 atom stereocenters. The van der Waals surface area contributed by atoms with Gasteiger partial charge in [-0.25, -0.2) is 5.01 Å². The van der Waals surface area contributed by atoms with E-state index < -0.39 is 5.72 Å². The first kappa shape index (κ1) is 18.8. The standard InChI is InChI=1S/C24H26N2O5/c1-23(2)13-24(9-10-30-23)26-18(16-5-4-6-20(27-3)22(16)31-24)12-17(25-26)15-7-8-19-21(11-15)29-14-28-19/h4-8,11,18H,9-10,12-14H2,1-3H3/t18-,24-/m0/s1. The molecule has 7 nitrogen and oxygen atoms in total. The number of fused-ring (bicyclic) bond motifs is 5. The van der Waals surface area contributed by atoms with Crippen molar-refractivity contribution in [2.45, 2.75) is 50.5 Å². The van der Waals surface area contributed by atoms with E-state index in [4.69, 9.17) is 28.8 Å². The molecule has 1 spiro atoms. The van der Waals surface area contributed by atoms with Gasteiger partial charge in [-0.3, -0.25) is 0 Å². The zero-order valence-corrected chi connectivity index (χ0v) is 18.0. The normalized spacial score (nSPS) is 27.4. The van der Waals surface area contributed by atoms with Crippen molar-refractivity contribution in [1.82, 2.24) is 5.01 Å². The van der Waals surface area contributed by atoms with E-state index in [9.17, 15) is 0 Å². The molecule has 0 saturated carbocycles. The minimum Gasteiger partial charge on any atom is -0.493 e. The Morgan fingerprint density at radius 3 is 2.84 bits per heavy atom. The van der Waals surface area contributed by atoms with Gasteiger partial charge in [0.15, 0.2) is 23.0 Å². The van der Waals surface area contributed by atoms with E-state index in [1.807, 2.05) is 24.3 Å². The van der Waals surface area contributed by atoms with Crippen molar-refractivity contribution in [2.75, 3.05) is 20.5 Å². The van der Waals surface area contributed by atoms with Crippen LogP contribution in [0.2, 0.25) is 0 Å². The molecule has 31 heavy (non-hydrogen) atoms. The second-order valence-corrected chi connectivity index (χ2v) is 9.14. The molecule has 0 N–H and O–H groups in total. The molecule has 0 unspecified atom stereocenters. The Kier molecular flexibility index (Phi) is 3.96. The molecular weight excluding hydrogens is 396 g/mol. The van der Waals surface area contributed by atoms with Gasteiger partial charge in [0, 0.05) is 30.4 Å². The van der Waals surface area contributed by atoms with Gasteiger partial charge in [-0.15, -0.1) is 0 Å². The minimum absolute atomic E-state index is 0.0770. The van der Waals surface area contributed by atoms with Crippen molar-refractivity contribution in [3.63, 3.8) is 0 Å². The van der Waals surface area contributed by atoms with Gasteiger partial charge in [0.05, 0.1) is 31.1 Å². The first-order valence-corrected chi connectivity index (χ1v) is 10.7. The van der Waals surface area contributed by atoms with Gasteiger partial charge in [-0.05, 0) is 38.1 Å². The van der Waals surface area contributed by atoms with Crippen LogP contribution < -0.4 is 18.9 Å². The molecule has 6 rings (SSSR count). The molecule has 4 aliphatic rings. The number of hydrazone groups is 1. The van der Waals surface area contributed by atoms with E-state index in [0.29, 0.717) is 13.0 Å². The summed E-state index contributed by atoms with van der Waals surface area (Å²) in [6.45, 7) is 5.11. The highest BCUT2D eigenvalue weighted by Gasteiger charge is 2.55. The predicted octanol–water partition coefficient (Wildman–Crippen LogP) is 4.25. The van der Waals surface area contributed by atoms with Crippen molar-refractivity contribution in [3.8, 4) is 23.0 Å². The summed E-state index contributed by atoms with van der Waals surface area (Å²) in [6.07, 6.45) is 2.24. The van der Waals surface area contributed by atoms with Gasteiger partial charge in [-0.1, -0.05) is 12.1 Å². The monoisotopic (exact) mass is 422 g/mol. The van der Waals surface area contributed by atoms with Crippen molar-refractivity contribution in [1.29, 1.82) is 0 Å². The Morgan fingerprint density at radius 2 is 2.00 bits per heavy atom. The van der Waals surface area contributed by atoms with E-state index in [1.165, 1.54) is 0 Å². The number of methoxy groups -OCH3 is 1. The van der Waals surface area contributed by atoms with E-state index in [1.54, 1.807) is 7.11 Å². The molecule has 4 aliphatic heterocycles. The van der Waals surface area contributed by atoms with Gasteiger partial charge in [-0.2, -0.15) is 5.10 Å². The lowest BCUT2D eigenvalue weighted by atomic mass is 9.86. The highest BCUT2D eigenvalue weighted by Crippen LogP contribution is 2.54. The molecule has 0 aromatic heterocycles. The molecule has 162 valence electrons. The van der Waals surface area contributed by atoms with Gasteiger partial charge in [0.25, 0.3) is 0 Å². The number of nitrogens with zero attached hydrogens (tertiary/aromatic N) is 2. The van der Waals surface area contributed by atoms with Crippen LogP contribution in [0, 0.1) is 0 Å². The zero-order valence-electron chi connectivity index (χ0n) is 18.0. The zero-order chi connectivity index (χ0) is 21.2. The van der Waals surface area contributed by atoms with Gasteiger partial charge < -0.3 is 23.7 Å². The lowest BCUT2D eigenvalue weighted by molar-refractivity contribution is -0.212. The fourth-order valence-electron chi connectivity index (χ4n) is 5.25. The average molecular weight is 422 g/mol. The first-order valence-electron chi connectivity index (χ1n) is 10.7. The van der Waals surface area contributed by atoms with E-state index in [-0.39, 0.29) is 18.4 Å². The fraction of sp³-hybridized carbons (Fsp3) is 0.458. The second kappa shape index (κ2) is 6.53. The van der Waals surface area contributed by atoms with Crippen LogP contribution in [0.3, 0.4) is 0 Å². The molecule has 2 aromatic carbocycles. The number of ether oxygens (including phenoxy) is 5. The van der Waals surface area contributed by atoms with Crippen LogP contribution >= 0.6 is 0 Å². The third-order valence-corrected chi connectivity index (χ3v) is 6.60. The number of rotatable bonds is 2. The Balaban J connectivity index is 1.46. The Bertz CT molecular complexity index is 1080. The molecule has 0 bridgehead atoms. The highest BCUT2D eigenvalue weighted by atomic mass is 16.7. The Hall–Kier alpha value is -2.93. The van der Waals surface area contributed by atoms with Gasteiger partial charge >= 0.3 is 0 Å². The van der Waals surface area contributed by atoms with Crippen LogP contribution in [-0.4, -0.2) is 42.6 Å². The topological polar surface area (TPSA) is 61.8 Å². The minimum atomic E-state index is -0.577. The third-order valence-electron chi connectivity index (χ3n) is 6.60. The van der Waals surface area contributed by atoms with E-state index >= 15 is 0 Å². The van der Waals surface area contributed by atoms with Crippen molar-refractivity contribution >= 4 is 5.71 Å². The summed E-state index contributed by atoms with van der Waals surface area (Å²) in [5.74, 6) is 3.13. The summed E-state index contributed by atoms with van der Waals surface area (Å²) in [5.41, 5.74) is 2.29. The number of benzene rings is 2. The first-order chi connectivity index (χ1) is 15.0. The molecule has 7 heteroatoms. The maximum absolute atomic E-state index is 6.76. The maximum Gasteiger partial charge on any atom is 0.231 e. The summed E-state index contributed by atoms with van der Waals surface area (Å²) >= 11 is 0. The lowest BCUT2D eigenvalue weighted by Gasteiger charge is -2.52. The van der Waals surface area contributed by atoms with Crippen LogP contribution in [0.15, 0.2) is 41.5 Å². The Morgan fingerprint density at radius 1 is 1.13 bits per heavy atom. The second-order valence-electron chi connectivity index (χ2n) is 9.14. The smallest absolute Gasteiger partial charge is 0.231 e. The number of hydrogen-bond donors (Lipinski definition) is 0. The quantitative estimate of drug-likeness (QED) is 0.721. The Labute approximate surface area is 181 Å². The highest BCUT2D eigenvalue weighted by molar-refractivity contribution is 6.02. The van der Waals surface area contributed by atoms with Gasteiger partial charge in [0.2, 0.25) is 12.5 Å².